The van der Waals surface area contributed by atoms with Crippen LogP contribution in [0.3, 0.4) is 0 Å². The highest BCUT2D eigenvalue weighted by atomic mass is 16.6. The van der Waals surface area contributed by atoms with Crippen molar-refractivity contribution in [3.8, 4) is 40.1 Å². The molecule has 2 aliphatic rings. The molecule has 32 heavy (non-hydrogen) atoms. The Hall–Kier alpha value is -3.68. The summed E-state index contributed by atoms with van der Waals surface area (Å²) >= 11 is 0. The van der Waals surface area contributed by atoms with Crippen molar-refractivity contribution in [2.75, 3.05) is 27.4 Å². The maximum absolute atomic E-state index is 13.0. The van der Waals surface area contributed by atoms with Crippen LogP contribution < -0.4 is 29.2 Å². The van der Waals surface area contributed by atoms with Crippen molar-refractivity contribution in [3.05, 3.63) is 58.5 Å². The molecule has 0 bridgehead atoms. The third-order valence-electron chi connectivity index (χ3n) is 5.75. The van der Waals surface area contributed by atoms with Crippen LogP contribution >= 0.6 is 0 Å². The zero-order valence-electron chi connectivity index (χ0n) is 18.2. The molecule has 0 saturated carbocycles. The molecule has 0 aliphatic carbocycles. The average molecular weight is 436 g/mol. The van der Waals surface area contributed by atoms with Crippen LogP contribution in [0, 0.1) is 0 Å². The molecule has 8 nitrogen and oxygen atoms in total. The van der Waals surface area contributed by atoms with Gasteiger partial charge in [0.1, 0.15) is 19.0 Å². The Morgan fingerprint density at radius 2 is 1.97 bits per heavy atom. The van der Waals surface area contributed by atoms with E-state index in [-0.39, 0.29) is 24.3 Å². The molecule has 8 heteroatoms. The minimum Gasteiger partial charge on any atom is -0.493 e. The molecular weight excluding hydrogens is 412 g/mol. The summed E-state index contributed by atoms with van der Waals surface area (Å²) in [6.07, 6.45) is 2.08. The van der Waals surface area contributed by atoms with Crippen LogP contribution in [-0.4, -0.2) is 43.1 Å². The number of benzene rings is 1. The van der Waals surface area contributed by atoms with Crippen molar-refractivity contribution in [1.82, 2.24) is 9.55 Å². The molecule has 5 rings (SSSR count). The van der Waals surface area contributed by atoms with Crippen molar-refractivity contribution >= 4 is 0 Å². The highest BCUT2D eigenvalue weighted by Gasteiger charge is 2.26. The van der Waals surface area contributed by atoms with E-state index in [1.807, 2.05) is 25.1 Å². The standard InChI is InChI=1S/C24H24N2O6/c1-14-7-15-8-21(28-2)22(29-3)11-18(15)19-9-16(10-23(27)26(14)19)30-12-17-13-31-24-20(32-17)5-4-6-25-24/h4-6,8-11,14,17H,7,12-13H2,1-3H3/t14?,17-/m1/s1. The number of methoxy groups -OCH3 is 2. The van der Waals surface area contributed by atoms with Gasteiger partial charge < -0.3 is 28.3 Å². The van der Waals surface area contributed by atoms with Gasteiger partial charge in [-0.2, -0.15) is 0 Å². The third-order valence-corrected chi connectivity index (χ3v) is 5.75. The van der Waals surface area contributed by atoms with Gasteiger partial charge >= 0.3 is 0 Å². The molecule has 166 valence electrons. The molecule has 0 saturated heterocycles. The van der Waals surface area contributed by atoms with Crippen molar-refractivity contribution in [2.24, 2.45) is 0 Å². The van der Waals surface area contributed by atoms with Gasteiger partial charge in [-0.1, -0.05) is 0 Å². The van der Waals surface area contributed by atoms with Gasteiger partial charge in [0.05, 0.1) is 19.9 Å². The second kappa shape index (κ2) is 8.11. The first-order valence-electron chi connectivity index (χ1n) is 10.5. The maximum Gasteiger partial charge on any atom is 0.257 e. The predicted octanol–water partition coefficient (Wildman–Crippen LogP) is 3.26. The zero-order valence-corrected chi connectivity index (χ0v) is 18.2. The summed E-state index contributed by atoms with van der Waals surface area (Å²) in [7, 11) is 3.22. The molecule has 2 aromatic heterocycles. The Kier molecular flexibility index (Phi) is 5.13. The molecule has 2 aliphatic heterocycles. The van der Waals surface area contributed by atoms with Gasteiger partial charge in [0.2, 0.25) is 0 Å². The number of aromatic nitrogens is 2. The lowest BCUT2D eigenvalue weighted by Gasteiger charge is -2.29. The summed E-state index contributed by atoms with van der Waals surface area (Å²) < 4.78 is 30.2. The number of fused-ring (bicyclic) bond motifs is 4. The van der Waals surface area contributed by atoms with E-state index in [1.54, 1.807) is 37.1 Å². The zero-order chi connectivity index (χ0) is 22.2. The van der Waals surface area contributed by atoms with Crippen LogP contribution in [0.25, 0.3) is 11.3 Å². The lowest BCUT2D eigenvalue weighted by Crippen LogP contribution is -2.35. The van der Waals surface area contributed by atoms with Crippen LogP contribution in [0.5, 0.6) is 28.9 Å². The average Bonchev–Trinajstić information content (AvgIpc) is 2.81. The van der Waals surface area contributed by atoms with Gasteiger partial charge in [0.15, 0.2) is 23.4 Å². The predicted molar refractivity (Wildman–Crippen MR) is 117 cm³/mol. The maximum atomic E-state index is 13.0. The Balaban J connectivity index is 1.44. The molecule has 3 aromatic rings. The van der Waals surface area contributed by atoms with Crippen molar-refractivity contribution in [2.45, 2.75) is 25.5 Å². The van der Waals surface area contributed by atoms with Crippen LogP contribution in [-0.2, 0) is 6.42 Å². The summed E-state index contributed by atoms with van der Waals surface area (Å²) in [5.41, 5.74) is 2.71. The summed E-state index contributed by atoms with van der Waals surface area (Å²) in [5, 5.41) is 0. The van der Waals surface area contributed by atoms with E-state index in [0.29, 0.717) is 35.5 Å². The van der Waals surface area contributed by atoms with Crippen LogP contribution in [0.2, 0.25) is 0 Å². The van der Waals surface area contributed by atoms with Gasteiger partial charge in [-0.05, 0) is 43.2 Å². The summed E-state index contributed by atoms with van der Waals surface area (Å²) in [6, 6.07) is 10.9. The highest BCUT2D eigenvalue weighted by molar-refractivity contribution is 5.71. The Labute approximate surface area is 185 Å². The highest BCUT2D eigenvalue weighted by Crippen LogP contribution is 2.41. The number of hydrogen-bond donors (Lipinski definition) is 0. The molecule has 0 radical (unpaired) electrons. The molecule has 0 amide bonds. The van der Waals surface area contributed by atoms with E-state index >= 15 is 0 Å². The fourth-order valence-corrected chi connectivity index (χ4v) is 4.27. The largest absolute Gasteiger partial charge is 0.493 e. The quantitative estimate of drug-likeness (QED) is 0.607. The molecule has 1 unspecified atom stereocenters. The molecular formula is C24H24N2O6. The summed E-state index contributed by atoms with van der Waals surface area (Å²) in [5.74, 6) is 2.83. The minimum atomic E-state index is -0.305. The summed E-state index contributed by atoms with van der Waals surface area (Å²) in [4.78, 5) is 17.1. The van der Waals surface area contributed by atoms with E-state index in [4.69, 9.17) is 23.7 Å². The minimum absolute atomic E-state index is 0.0104. The molecule has 0 fully saturated rings. The topological polar surface area (TPSA) is 81.0 Å². The lowest BCUT2D eigenvalue weighted by molar-refractivity contribution is 0.0500. The van der Waals surface area contributed by atoms with Crippen LogP contribution in [0.1, 0.15) is 18.5 Å². The number of ether oxygens (including phenoxy) is 5. The molecule has 2 atom stereocenters. The van der Waals surface area contributed by atoms with Crippen molar-refractivity contribution in [3.63, 3.8) is 0 Å². The van der Waals surface area contributed by atoms with Crippen LogP contribution in [0.15, 0.2) is 47.4 Å². The summed E-state index contributed by atoms with van der Waals surface area (Å²) in [6.45, 7) is 2.60. The smallest absolute Gasteiger partial charge is 0.257 e. The van der Waals surface area contributed by atoms with Gasteiger partial charge in [-0.15, -0.1) is 0 Å². The molecule has 0 spiro atoms. The Morgan fingerprint density at radius 1 is 1.16 bits per heavy atom. The number of nitrogens with zero attached hydrogens (tertiary/aromatic N) is 2. The number of pyridine rings is 2. The van der Waals surface area contributed by atoms with E-state index in [1.165, 1.54) is 6.07 Å². The van der Waals surface area contributed by atoms with Gasteiger partial charge in [-0.3, -0.25) is 4.79 Å². The number of rotatable bonds is 5. The van der Waals surface area contributed by atoms with Gasteiger partial charge in [0, 0.05) is 29.9 Å². The third kappa shape index (κ3) is 3.51. The van der Waals surface area contributed by atoms with Crippen molar-refractivity contribution < 1.29 is 23.7 Å². The van der Waals surface area contributed by atoms with Gasteiger partial charge in [0.25, 0.3) is 11.4 Å². The van der Waals surface area contributed by atoms with E-state index < -0.39 is 0 Å². The second-order valence-corrected chi connectivity index (χ2v) is 7.87. The van der Waals surface area contributed by atoms with E-state index in [2.05, 4.69) is 4.98 Å². The van der Waals surface area contributed by atoms with E-state index in [0.717, 1.165) is 23.2 Å². The van der Waals surface area contributed by atoms with Crippen molar-refractivity contribution in [1.29, 1.82) is 0 Å². The first-order valence-corrected chi connectivity index (χ1v) is 10.5. The van der Waals surface area contributed by atoms with Gasteiger partial charge in [-0.25, -0.2) is 4.98 Å². The SMILES string of the molecule is COc1cc2c(cc1OC)-c1cc(OC[C@@H]3COc4ncccc4O3)cc(=O)n1C(C)C2. The fraction of sp³-hybridized carbons (Fsp3) is 0.333. The Morgan fingerprint density at radius 3 is 2.78 bits per heavy atom. The molecule has 1 aromatic carbocycles. The van der Waals surface area contributed by atoms with E-state index in [9.17, 15) is 4.79 Å². The monoisotopic (exact) mass is 436 g/mol. The van der Waals surface area contributed by atoms with Crippen LogP contribution in [0.4, 0.5) is 0 Å². The second-order valence-electron chi connectivity index (χ2n) is 7.87. The first-order chi connectivity index (χ1) is 15.6. The number of hydrogen-bond acceptors (Lipinski definition) is 7. The molecule has 4 heterocycles. The Bertz CT molecular complexity index is 1220. The normalized spacial score (nSPS) is 18.3. The fourth-order valence-electron chi connectivity index (χ4n) is 4.27. The first kappa shape index (κ1) is 20.2. The lowest BCUT2D eigenvalue weighted by atomic mass is 9.92. The molecule has 0 N–H and O–H groups in total.